The van der Waals surface area contributed by atoms with Crippen LogP contribution in [0.25, 0.3) is 0 Å². The van der Waals surface area contributed by atoms with Crippen LogP contribution in [0.4, 0.5) is 0 Å². The monoisotopic (exact) mass is 215 g/mol. The summed E-state index contributed by atoms with van der Waals surface area (Å²) in [6.07, 6.45) is 0. The summed E-state index contributed by atoms with van der Waals surface area (Å²) in [5.41, 5.74) is 0. The van der Waals surface area contributed by atoms with Crippen LogP contribution in [0.5, 0.6) is 0 Å². The molecule has 0 saturated heterocycles. The lowest BCUT2D eigenvalue weighted by molar-refractivity contribution is -0.137. The number of H-pyrrole nitrogens is 1. The molecule has 1 heterocycles. The fourth-order valence-electron chi connectivity index (χ4n) is 0.763. The van der Waals surface area contributed by atoms with E-state index in [4.69, 9.17) is 0 Å². The standard InChI is InChI=1S/C8H13N3O2S/c1-5(2)7-9-8(11-10-7)14-4-6(12)13-3/h5H,4H2,1-3H3,(H,9,10,11). The van der Waals surface area contributed by atoms with Crippen LogP contribution in [0.1, 0.15) is 25.6 Å². The molecule has 1 aromatic rings. The Morgan fingerprint density at radius 3 is 2.86 bits per heavy atom. The van der Waals surface area contributed by atoms with Gasteiger partial charge in [0.1, 0.15) is 5.82 Å². The molecule has 1 N–H and O–H groups in total. The minimum absolute atomic E-state index is 0.242. The van der Waals surface area contributed by atoms with Gasteiger partial charge in [-0.3, -0.25) is 9.89 Å². The zero-order chi connectivity index (χ0) is 10.6. The molecule has 1 aromatic heterocycles. The van der Waals surface area contributed by atoms with Crippen LogP contribution in [-0.2, 0) is 9.53 Å². The highest BCUT2D eigenvalue weighted by Crippen LogP contribution is 2.15. The summed E-state index contributed by atoms with van der Waals surface area (Å²) < 4.78 is 4.50. The molecular weight excluding hydrogens is 202 g/mol. The maximum atomic E-state index is 10.8. The van der Waals surface area contributed by atoms with Crippen LogP contribution in [0.2, 0.25) is 0 Å². The number of thioether (sulfide) groups is 1. The Morgan fingerprint density at radius 2 is 2.36 bits per heavy atom. The topological polar surface area (TPSA) is 67.9 Å². The van der Waals surface area contributed by atoms with E-state index in [1.807, 2.05) is 13.8 Å². The number of ether oxygens (including phenoxy) is 1. The van der Waals surface area contributed by atoms with Crippen molar-refractivity contribution >= 4 is 17.7 Å². The predicted octanol–water partition coefficient (Wildman–Crippen LogP) is 1.19. The van der Waals surface area contributed by atoms with E-state index in [2.05, 4.69) is 19.9 Å². The minimum atomic E-state index is -0.272. The van der Waals surface area contributed by atoms with Crippen molar-refractivity contribution < 1.29 is 9.53 Å². The summed E-state index contributed by atoms with van der Waals surface area (Å²) in [5, 5.41) is 7.36. The Labute approximate surface area is 86.6 Å². The summed E-state index contributed by atoms with van der Waals surface area (Å²) in [7, 11) is 1.36. The van der Waals surface area contributed by atoms with E-state index in [1.165, 1.54) is 18.9 Å². The molecule has 5 nitrogen and oxygen atoms in total. The molecule has 0 fully saturated rings. The Hall–Kier alpha value is -1.04. The van der Waals surface area contributed by atoms with Crippen molar-refractivity contribution in [2.24, 2.45) is 0 Å². The number of nitrogens with zero attached hydrogens (tertiary/aromatic N) is 2. The quantitative estimate of drug-likeness (QED) is 0.603. The number of rotatable bonds is 4. The van der Waals surface area contributed by atoms with E-state index in [1.54, 1.807) is 0 Å². The van der Waals surface area contributed by atoms with Gasteiger partial charge in [-0.2, -0.15) is 0 Å². The lowest BCUT2D eigenvalue weighted by Crippen LogP contribution is -2.03. The van der Waals surface area contributed by atoms with Crippen LogP contribution < -0.4 is 0 Å². The van der Waals surface area contributed by atoms with Crippen molar-refractivity contribution in [3.8, 4) is 0 Å². The van der Waals surface area contributed by atoms with Gasteiger partial charge in [0.2, 0.25) is 5.16 Å². The largest absolute Gasteiger partial charge is 0.468 e. The average molecular weight is 215 g/mol. The Morgan fingerprint density at radius 1 is 1.64 bits per heavy atom. The Balaban J connectivity index is 2.48. The molecule has 0 unspecified atom stereocenters. The molecule has 0 bridgehead atoms. The molecule has 0 saturated carbocycles. The summed E-state index contributed by atoms with van der Waals surface area (Å²) in [5.74, 6) is 1.12. The molecule has 0 aromatic carbocycles. The predicted molar refractivity (Wildman–Crippen MR) is 53.2 cm³/mol. The normalized spacial score (nSPS) is 10.6. The third kappa shape index (κ3) is 3.02. The second-order valence-electron chi connectivity index (χ2n) is 3.02. The van der Waals surface area contributed by atoms with Crippen molar-refractivity contribution in [2.75, 3.05) is 12.9 Å². The molecule has 0 aliphatic rings. The van der Waals surface area contributed by atoms with Crippen LogP contribution in [0.3, 0.4) is 0 Å². The third-order valence-electron chi connectivity index (χ3n) is 1.58. The van der Waals surface area contributed by atoms with Crippen molar-refractivity contribution in [2.45, 2.75) is 24.9 Å². The molecular formula is C8H13N3O2S. The van der Waals surface area contributed by atoms with Gasteiger partial charge in [-0.05, 0) is 0 Å². The number of carbonyl (C=O) groups excluding carboxylic acids is 1. The highest BCUT2D eigenvalue weighted by molar-refractivity contribution is 7.99. The SMILES string of the molecule is COC(=O)CSc1n[nH]c(C(C)C)n1. The summed E-state index contributed by atoms with van der Waals surface area (Å²) in [6.45, 7) is 4.05. The number of hydrogen-bond donors (Lipinski definition) is 1. The number of methoxy groups -OCH3 is 1. The van der Waals surface area contributed by atoms with Gasteiger partial charge < -0.3 is 4.74 Å². The summed E-state index contributed by atoms with van der Waals surface area (Å²) in [4.78, 5) is 15.0. The van der Waals surface area contributed by atoms with Crippen LogP contribution >= 0.6 is 11.8 Å². The second kappa shape index (κ2) is 4.99. The fourth-order valence-corrected chi connectivity index (χ4v) is 1.40. The highest BCUT2D eigenvalue weighted by Gasteiger charge is 2.09. The fraction of sp³-hybridized carbons (Fsp3) is 0.625. The first-order valence-corrected chi connectivity index (χ1v) is 5.24. The molecule has 0 aliphatic carbocycles. The second-order valence-corrected chi connectivity index (χ2v) is 3.97. The number of carbonyl (C=O) groups is 1. The van der Waals surface area contributed by atoms with E-state index in [-0.39, 0.29) is 11.7 Å². The molecule has 6 heteroatoms. The first-order valence-electron chi connectivity index (χ1n) is 4.25. The molecule has 1 rings (SSSR count). The Bertz CT molecular complexity index is 311. The Kier molecular flexibility index (Phi) is 3.94. The number of nitrogens with one attached hydrogen (secondary N) is 1. The van der Waals surface area contributed by atoms with Gasteiger partial charge in [0.15, 0.2) is 0 Å². The maximum absolute atomic E-state index is 10.8. The van der Waals surface area contributed by atoms with Gasteiger partial charge in [-0.1, -0.05) is 25.6 Å². The third-order valence-corrected chi connectivity index (χ3v) is 2.40. The number of aromatic amines is 1. The number of hydrogen-bond acceptors (Lipinski definition) is 5. The number of aromatic nitrogens is 3. The molecule has 0 radical (unpaired) electrons. The zero-order valence-corrected chi connectivity index (χ0v) is 9.22. The van der Waals surface area contributed by atoms with Gasteiger partial charge in [-0.15, -0.1) is 5.10 Å². The smallest absolute Gasteiger partial charge is 0.316 e. The summed E-state index contributed by atoms with van der Waals surface area (Å²) in [6, 6.07) is 0. The molecule has 14 heavy (non-hydrogen) atoms. The van der Waals surface area contributed by atoms with Crippen molar-refractivity contribution in [1.82, 2.24) is 15.2 Å². The number of esters is 1. The molecule has 78 valence electrons. The maximum Gasteiger partial charge on any atom is 0.316 e. The summed E-state index contributed by atoms with van der Waals surface area (Å²) >= 11 is 1.26. The average Bonchev–Trinajstić information content (AvgIpc) is 2.62. The van der Waals surface area contributed by atoms with Gasteiger partial charge in [0, 0.05) is 5.92 Å². The lowest BCUT2D eigenvalue weighted by atomic mass is 10.2. The van der Waals surface area contributed by atoms with E-state index in [9.17, 15) is 4.79 Å². The van der Waals surface area contributed by atoms with E-state index < -0.39 is 0 Å². The molecule has 0 amide bonds. The van der Waals surface area contributed by atoms with E-state index in [0.29, 0.717) is 11.1 Å². The van der Waals surface area contributed by atoms with Gasteiger partial charge in [0.25, 0.3) is 0 Å². The van der Waals surface area contributed by atoms with Gasteiger partial charge >= 0.3 is 5.97 Å². The van der Waals surface area contributed by atoms with Gasteiger partial charge in [0.05, 0.1) is 12.9 Å². The van der Waals surface area contributed by atoms with Crippen LogP contribution in [-0.4, -0.2) is 34.0 Å². The molecule has 0 atom stereocenters. The molecule has 0 spiro atoms. The zero-order valence-electron chi connectivity index (χ0n) is 8.40. The van der Waals surface area contributed by atoms with E-state index >= 15 is 0 Å². The van der Waals surface area contributed by atoms with Crippen molar-refractivity contribution in [3.63, 3.8) is 0 Å². The molecule has 0 aliphatic heterocycles. The highest BCUT2D eigenvalue weighted by atomic mass is 32.2. The first-order chi connectivity index (χ1) is 6.63. The lowest BCUT2D eigenvalue weighted by Gasteiger charge is -1.96. The van der Waals surface area contributed by atoms with Crippen molar-refractivity contribution in [3.05, 3.63) is 5.82 Å². The van der Waals surface area contributed by atoms with Crippen molar-refractivity contribution in [1.29, 1.82) is 0 Å². The van der Waals surface area contributed by atoms with Crippen LogP contribution in [0.15, 0.2) is 5.16 Å². The van der Waals surface area contributed by atoms with E-state index in [0.717, 1.165) is 5.82 Å². The minimum Gasteiger partial charge on any atom is -0.468 e. The van der Waals surface area contributed by atoms with Gasteiger partial charge in [-0.25, -0.2) is 4.98 Å². The first kappa shape index (κ1) is 11.0. The van der Waals surface area contributed by atoms with Crippen LogP contribution in [0, 0.1) is 0 Å².